The monoisotopic (exact) mass is 333 g/mol. The van der Waals surface area contributed by atoms with Crippen LogP contribution in [0.4, 0.5) is 10.7 Å². The fourth-order valence-electron chi connectivity index (χ4n) is 2.51. The van der Waals surface area contributed by atoms with Crippen LogP contribution in [0.1, 0.15) is 27.7 Å². The van der Waals surface area contributed by atoms with Crippen molar-refractivity contribution in [3.05, 3.63) is 16.2 Å². The molecule has 1 aliphatic rings. The zero-order chi connectivity index (χ0) is 16.2. The topological polar surface area (TPSA) is 101 Å². The van der Waals surface area contributed by atoms with Crippen molar-refractivity contribution >= 4 is 32.0 Å². The molecule has 1 fully saturated rings. The Hall–Kier alpha value is -1.19. The molecule has 0 spiro atoms. The van der Waals surface area contributed by atoms with E-state index in [0.717, 1.165) is 17.4 Å². The van der Waals surface area contributed by atoms with Crippen LogP contribution in [0.5, 0.6) is 0 Å². The number of thiophene rings is 1. The van der Waals surface area contributed by atoms with E-state index in [2.05, 4.69) is 10.0 Å². The summed E-state index contributed by atoms with van der Waals surface area (Å²) < 4.78 is 27.4. The van der Waals surface area contributed by atoms with Crippen LogP contribution >= 0.6 is 11.3 Å². The Labute approximate surface area is 127 Å². The highest BCUT2D eigenvalue weighted by molar-refractivity contribution is 7.91. The van der Waals surface area contributed by atoms with Gasteiger partial charge in [-0.05, 0) is 10.8 Å². The first-order chi connectivity index (χ1) is 9.45. The highest BCUT2D eigenvalue weighted by atomic mass is 32.2. The Kier molecular flexibility index (Phi) is 3.59. The molecule has 0 atom stereocenters. The molecule has 0 aromatic carbocycles. The van der Waals surface area contributed by atoms with Gasteiger partial charge in [0.2, 0.25) is 0 Å². The van der Waals surface area contributed by atoms with E-state index < -0.39 is 14.9 Å². The molecule has 0 saturated heterocycles. The van der Waals surface area contributed by atoms with Gasteiger partial charge in [0.25, 0.3) is 10.0 Å². The Bertz CT molecular complexity index is 677. The van der Waals surface area contributed by atoms with Gasteiger partial charge in [-0.25, -0.2) is 13.1 Å². The molecule has 0 unspecified atom stereocenters. The second kappa shape index (κ2) is 4.65. The molecular weight excluding hydrogens is 314 g/mol. The minimum atomic E-state index is -3.76. The molecule has 0 amide bonds. The Morgan fingerprint density at radius 1 is 1.29 bits per heavy atom. The largest absolute Gasteiger partial charge is 0.374 e. The van der Waals surface area contributed by atoms with Crippen LogP contribution in [0.25, 0.3) is 0 Å². The van der Waals surface area contributed by atoms with Crippen LogP contribution < -0.4 is 10.0 Å². The molecule has 9 heteroatoms. The van der Waals surface area contributed by atoms with Gasteiger partial charge in [0.1, 0.15) is 4.21 Å². The van der Waals surface area contributed by atoms with Gasteiger partial charge in [-0.1, -0.05) is 39.0 Å². The van der Waals surface area contributed by atoms with Crippen LogP contribution in [0, 0.1) is 20.9 Å². The number of rotatable bonds is 5. The first-order valence-corrected chi connectivity index (χ1v) is 8.73. The quantitative estimate of drug-likeness (QED) is 0.636. The van der Waals surface area contributed by atoms with Crippen molar-refractivity contribution in [3.8, 4) is 0 Å². The van der Waals surface area contributed by atoms with Crippen molar-refractivity contribution in [2.45, 2.75) is 37.9 Å². The molecular formula is C12H19N3O4S2. The molecule has 0 aliphatic heterocycles. The summed E-state index contributed by atoms with van der Waals surface area (Å²) in [6, 6.07) is 0.912. The van der Waals surface area contributed by atoms with Crippen LogP contribution in [-0.2, 0) is 10.0 Å². The van der Waals surface area contributed by atoms with Gasteiger partial charge < -0.3 is 5.32 Å². The van der Waals surface area contributed by atoms with E-state index >= 15 is 0 Å². The zero-order valence-corrected chi connectivity index (χ0v) is 14.2. The van der Waals surface area contributed by atoms with Gasteiger partial charge in [0, 0.05) is 19.2 Å². The van der Waals surface area contributed by atoms with Gasteiger partial charge in [-0.2, -0.15) is 0 Å². The number of hydrogen-bond donors (Lipinski definition) is 2. The van der Waals surface area contributed by atoms with Crippen LogP contribution in [0.2, 0.25) is 0 Å². The molecule has 2 rings (SSSR count). The number of sulfonamides is 1. The third-order valence-corrected chi connectivity index (χ3v) is 7.71. The van der Waals surface area contributed by atoms with E-state index in [-0.39, 0.29) is 31.8 Å². The average Bonchev–Trinajstić information content (AvgIpc) is 2.75. The molecule has 21 heavy (non-hydrogen) atoms. The summed E-state index contributed by atoms with van der Waals surface area (Å²) in [4.78, 5) is 10.3. The molecule has 0 radical (unpaired) electrons. The maximum atomic E-state index is 12.4. The van der Waals surface area contributed by atoms with Gasteiger partial charge in [-0.15, -0.1) is 0 Å². The number of nitrogens with zero attached hydrogens (tertiary/aromatic N) is 1. The van der Waals surface area contributed by atoms with Crippen LogP contribution in [0.15, 0.2) is 10.3 Å². The highest BCUT2D eigenvalue weighted by Gasteiger charge is 2.66. The minimum absolute atomic E-state index is 0.0444. The van der Waals surface area contributed by atoms with Crippen molar-refractivity contribution in [1.82, 2.24) is 4.72 Å². The Balaban J connectivity index is 2.32. The highest BCUT2D eigenvalue weighted by Crippen LogP contribution is 2.63. The van der Waals surface area contributed by atoms with Crippen molar-refractivity contribution in [1.29, 1.82) is 0 Å². The SMILES string of the molecule is CNc1sc(S(=O)(=O)NC2C(C)(C)C2(C)C)cc1[N+](=O)[O-]. The third kappa shape index (κ3) is 2.43. The molecule has 7 nitrogen and oxygen atoms in total. The standard InChI is InChI=1S/C12H19N3O4S2/c1-11(2)10(12(11,3)4)14-21(18,19)8-6-7(15(16)17)9(13-5)20-8/h6,10,13-14H,1-5H3. The summed E-state index contributed by atoms with van der Waals surface area (Å²) >= 11 is 0.862. The molecule has 0 bridgehead atoms. The molecule has 1 heterocycles. The van der Waals surface area contributed by atoms with E-state index in [4.69, 9.17) is 0 Å². The number of anilines is 1. The van der Waals surface area contributed by atoms with Gasteiger partial charge >= 0.3 is 5.69 Å². The van der Waals surface area contributed by atoms with E-state index in [9.17, 15) is 18.5 Å². The van der Waals surface area contributed by atoms with E-state index in [1.54, 1.807) is 0 Å². The maximum absolute atomic E-state index is 12.4. The summed E-state index contributed by atoms with van der Waals surface area (Å²) in [5.41, 5.74) is -0.512. The van der Waals surface area contributed by atoms with Crippen LogP contribution in [-0.4, -0.2) is 26.4 Å². The number of nitrogens with one attached hydrogen (secondary N) is 2. The lowest BCUT2D eigenvalue weighted by Crippen LogP contribution is -2.29. The fourth-order valence-corrected chi connectivity index (χ4v) is 5.34. The van der Waals surface area contributed by atoms with Crippen molar-refractivity contribution in [3.63, 3.8) is 0 Å². The lowest BCUT2D eigenvalue weighted by Gasteiger charge is -2.05. The summed E-state index contributed by atoms with van der Waals surface area (Å²) in [5.74, 6) is 0. The van der Waals surface area contributed by atoms with Gasteiger partial charge in [0.05, 0.1) is 4.92 Å². The van der Waals surface area contributed by atoms with Crippen molar-refractivity contribution < 1.29 is 13.3 Å². The van der Waals surface area contributed by atoms with E-state index in [1.807, 2.05) is 27.7 Å². The van der Waals surface area contributed by atoms with Gasteiger partial charge in [0.15, 0.2) is 5.00 Å². The summed E-state index contributed by atoms with van der Waals surface area (Å²) in [5, 5.41) is 13.8. The smallest absolute Gasteiger partial charge is 0.304 e. The predicted molar refractivity (Wildman–Crippen MR) is 82.2 cm³/mol. The first-order valence-electron chi connectivity index (χ1n) is 6.43. The van der Waals surface area contributed by atoms with Gasteiger partial charge in [-0.3, -0.25) is 10.1 Å². The lowest BCUT2D eigenvalue weighted by atomic mass is 10.0. The Morgan fingerprint density at radius 3 is 2.14 bits per heavy atom. The fraction of sp³-hybridized carbons (Fsp3) is 0.667. The normalized spacial score (nSPS) is 20.2. The molecule has 118 valence electrons. The maximum Gasteiger partial charge on any atom is 0.304 e. The number of nitro groups is 1. The summed E-state index contributed by atoms with van der Waals surface area (Å²) in [7, 11) is -2.24. The van der Waals surface area contributed by atoms with Crippen molar-refractivity contribution in [2.75, 3.05) is 12.4 Å². The van der Waals surface area contributed by atoms with E-state index in [1.165, 1.54) is 7.05 Å². The number of hydrogen-bond acceptors (Lipinski definition) is 6. The Morgan fingerprint density at radius 2 is 1.81 bits per heavy atom. The third-order valence-electron chi connectivity index (χ3n) is 4.67. The molecule has 1 saturated carbocycles. The average molecular weight is 333 g/mol. The summed E-state index contributed by atoms with van der Waals surface area (Å²) in [6.07, 6.45) is 0. The summed E-state index contributed by atoms with van der Waals surface area (Å²) in [6.45, 7) is 7.98. The lowest BCUT2D eigenvalue weighted by molar-refractivity contribution is -0.383. The predicted octanol–water partition coefficient (Wildman–Crippen LogP) is 2.41. The zero-order valence-electron chi connectivity index (χ0n) is 12.6. The molecule has 1 aromatic rings. The first kappa shape index (κ1) is 16.2. The van der Waals surface area contributed by atoms with E-state index in [0.29, 0.717) is 0 Å². The second-order valence-electron chi connectivity index (χ2n) is 6.28. The molecule has 1 aromatic heterocycles. The minimum Gasteiger partial charge on any atom is -0.374 e. The molecule has 2 N–H and O–H groups in total. The van der Waals surface area contributed by atoms with Crippen LogP contribution in [0.3, 0.4) is 0 Å². The molecule has 1 aliphatic carbocycles. The van der Waals surface area contributed by atoms with Crippen molar-refractivity contribution in [2.24, 2.45) is 10.8 Å². The second-order valence-corrected chi connectivity index (χ2v) is 9.28.